The normalized spacial score (nSPS) is 17.3. The SMILES string of the molecule is CSC1=NC(Nc2ccccc2)c2c(nc3c(c2-c2ccc(Cl)cc2)CCC/C3=C/c2ccc(Cl)cc2)N1. The highest BCUT2D eigenvalue weighted by Gasteiger charge is 2.32. The quantitative estimate of drug-likeness (QED) is 0.263. The number of aromatic nitrogens is 1. The van der Waals surface area contributed by atoms with Gasteiger partial charge in [0, 0.05) is 21.3 Å². The number of anilines is 2. The Morgan fingerprint density at radius 3 is 2.34 bits per heavy atom. The van der Waals surface area contributed by atoms with Crippen molar-refractivity contribution in [2.24, 2.45) is 4.99 Å². The summed E-state index contributed by atoms with van der Waals surface area (Å²) < 4.78 is 0. The number of rotatable bonds is 4. The van der Waals surface area contributed by atoms with Crippen molar-refractivity contribution in [3.63, 3.8) is 0 Å². The van der Waals surface area contributed by atoms with Gasteiger partial charge < -0.3 is 10.6 Å². The average molecular weight is 558 g/mol. The number of para-hydroxylation sites is 1. The van der Waals surface area contributed by atoms with E-state index in [1.54, 1.807) is 11.8 Å². The lowest BCUT2D eigenvalue weighted by Gasteiger charge is -2.32. The summed E-state index contributed by atoms with van der Waals surface area (Å²) in [5.41, 5.74) is 9.00. The number of hydrogen-bond acceptors (Lipinski definition) is 5. The minimum atomic E-state index is -0.287. The molecule has 6 rings (SSSR count). The monoisotopic (exact) mass is 556 g/mol. The lowest BCUT2D eigenvalue weighted by molar-refractivity contribution is 0.787. The van der Waals surface area contributed by atoms with Gasteiger partial charge >= 0.3 is 0 Å². The highest BCUT2D eigenvalue weighted by molar-refractivity contribution is 8.13. The first kappa shape index (κ1) is 25.1. The molecule has 0 radical (unpaired) electrons. The molecule has 2 heterocycles. The molecule has 2 N–H and O–H groups in total. The fourth-order valence-corrected chi connectivity index (χ4v) is 5.81. The van der Waals surface area contributed by atoms with E-state index in [-0.39, 0.29) is 6.17 Å². The zero-order valence-corrected chi connectivity index (χ0v) is 23.2. The molecular weight excluding hydrogens is 531 g/mol. The first-order valence-electron chi connectivity index (χ1n) is 12.6. The predicted molar refractivity (Wildman–Crippen MR) is 164 cm³/mol. The number of halogens is 2. The zero-order chi connectivity index (χ0) is 26.1. The Morgan fingerprint density at radius 1 is 0.921 bits per heavy atom. The minimum absolute atomic E-state index is 0.287. The van der Waals surface area contributed by atoms with Crippen molar-refractivity contribution >= 4 is 63.3 Å². The first-order valence-corrected chi connectivity index (χ1v) is 14.6. The maximum absolute atomic E-state index is 6.30. The number of thioether (sulfide) groups is 1. The minimum Gasteiger partial charge on any atom is -0.360 e. The first-order chi connectivity index (χ1) is 18.6. The number of nitrogens with one attached hydrogen (secondary N) is 2. The van der Waals surface area contributed by atoms with Crippen LogP contribution in [-0.4, -0.2) is 16.4 Å². The van der Waals surface area contributed by atoms with Crippen molar-refractivity contribution in [3.8, 4) is 11.1 Å². The molecule has 4 aromatic rings. The highest BCUT2D eigenvalue weighted by atomic mass is 35.5. The van der Waals surface area contributed by atoms with Gasteiger partial charge in [-0.1, -0.05) is 77.4 Å². The molecule has 4 nitrogen and oxygen atoms in total. The lowest BCUT2D eigenvalue weighted by Crippen LogP contribution is -2.25. The molecule has 0 spiro atoms. The molecule has 1 aromatic heterocycles. The molecule has 0 bridgehead atoms. The Morgan fingerprint density at radius 2 is 1.63 bits per heavy atom. The maximum atomic E-state index is 6.30. The molecule has 1 aliphatic carbocycles. The maximum Gasteiger partial charge on any atom is 0.164 e. The van der Waals surface area contributed by atoms with E-state index in [4.69, 9.17) is 33.2 Å². The second kappa shape index (κ2) is 10.9. The van der Waals surface area contributed by atoms with Gasteiger partial charge in [-0.2, -0.15) is 0 Å². The van der Waals surface area contributed by atoms with Crippen LogP contribution in [0.3, 0.4) is 0 Å². The van der Waals surface area contributed by atoms with Gasteiger partial charge in [0.1, 0.15) is 5.82 Å². The van der Waals surface area contributed by atoms with E-state index in [1.807, 2.05) is 48.7 Å². The van der Waals surface area contributed by atoms with Crippen LogP contribution in [0.25, 0.3) is 22.8 Å². The van der Waals surface area contributed by atoms with Crippen LogP contribution < -0.4 is 10.6 Å². The van der Waals surface area contributed by atoms with Gasteiger partial charge in [0.15, 0.2) is 11.3 Å². The van der Waals surface area contributed by atoms with E-state index in [2.05, 4.69) is 53.1 Å². The summed E-state index contributed by atoms with van der Waals surface area (Å²) in [5, 5.41) is 9.45. The third-order valence-electron chi connectivity index (χ3n) is 6.87. The number of pyridine rings is 1. The fourth-order valence-electron chi connectivity index (χ4n) is 5.15. The summed E-state index contributed by atoms with van der Waals surface area (Å²) in [6.45, 7) is 0. The summed E-state index contributed by atoms with van der Waals surface area (Å²) in [7, 11) is 0. The number of fused-ring (bicyclic) bond motifs is 2. The molecule has 0 saturated carbocycles. The van der Waals surface area contributed by atoms with E-state index in [0.717, 1.165) is 63.3 Å². The Labute approximate surface area is 237 Å². The molecule has 0 fully saturated rings. The van der Waals surface area contributed by atoms with Gasteiger partial charge in [0.2, 0.25) is 0 Å². The highest BCUT2D eigenvalue weighted by Crippen LogP contribution is 2.46. The molecule has 1 aliphatic heterocycles. The second-order valence-electron chi connectivity index (χ2n) is 9.33. The van der Waals surface area contributed by atoms with Gasteiger partial charge in [-0.25, -0.2) is 9.98 Å². The van der Waals surface area contributed by atoms with Crippen LogP contribution in [0.4, 0.5) is 11.5 Å². The molecule has 7 heteroatoms. The van der Waals surface area contributed by atoms with Crippen LogP contribution in [0, 0.1) is 0 Å². The van der Waals surface area contributed by atoms with Gasteiger partial charge in [-0.15, -0.1) is 0 Å². The Bertz CT molecular complexity index is 1530. The summed E-state index contributed by atoms with van der Waals surface area (Å²) >= 11 is 14.0. The van der Waals surface area contributed by atoms with Gasteiger partial charge in [-0.3, -0.25) is 0 Å². The predicted octanol–water partition coefficient (Wildman–Crippen LogP) is 9.19. The van der Waals surface area contributed by atoms with Crippen molar-refractivity contribution in [1.29, 1.82) is 0 Å². The fraction of sp³-hybridized carbons (Fsp3) is 0.161. The van der Waals surface area contributed by atoms with Crippen molar-refractivity contribution in [2.75, 3.05) is 16.9 Å². The standard InChI is InChI=1S/C31H26Cl2N4S/c1-38-31-36-29(34-24-7-3-2-4-8-24)27-26(20-12-16-23(33)17-13-20)25-9-5-6-21(28(25)35-30(27)37-31)18-19-10-14-22(32)15-11-19/h2-4,7-8,10-18,29,34H,5-6,9H2,1H3,(H,35,36,37)/b21-18-. The topological polar surface area (TPSA) is 49.3 Å². The summed E-state index contributed by atoms with van der Waals surface area (Å²) in [6, 6.07) is 26.3. The molecule has 2 aliphatic rings. The molecule has 1 unspecified atom stereocenters. The van der Waals surface area contributed by atoms with Crippen molar-refractivity contribution < 1.29 is 0 Å². The largest absolute Gasteiger partial charge is 0.360 e. The molecule has 1 atom stereocenters. The van der Waals surface area contributed by atoms with Crippen LogP contribution in [0.15, 0.2) is 83.9 Å². The molecular formula is C31H26Cl2N4S. The van der Waals surface area contributed by atoms with Crippen LogP contribution in [-0.2, 0) is 6.42 Å². The molecule has 38 heavy (non-hydrogen) atoms. The van der Waals surface area contributed by atoms with E-state index < -0.39 is 0 Å². The van der Waals surface area contributed by atoms with Gasteiger partial charge in [0.05, 0.1) is 5.69 Å². The van der Waals surface area contributed by atoms with Crippen molar-refractivity contribution in [2.45, 2.75) is 25.4 Å². The van der Waals surface area contributed by atoms with Crippen LogP contribution in [0.5, 0.6) is 0 Å². The summed E-state index contributed by atoms with van der Waals surface area (Å²) in [6.07, 6.45) is 6.95. The van der Waals surface area contributed by atoms with Crippen LogP contribution in [0.2, 0.25) is 10.0 Å². The molecule has 190 valence electrons. The van der Waals surface area contributed by atoms with E-state index in [9.17, 15) is 0 Å². The van der Waals surface area contributed by atoms with Gasteiger partial charge in [-0.05, 0) is 95.8 Å². The molecule has 3 aromatic carbocycles. The van der Waals surface area contributed by atoms with Gasteiger partial charge in [0.25, 0.3) is 0 Å². The Kier molecular flexibility index (Phi) is 7.16. The third-order valence-corrected chi connectivity index (χ3v) is 7.97. The van der Waals surface area contributed by atoms with E-state index in [1.165, 1.54) is 16.7 Å². The third kappa shape index (κ3) is 5.06. The number of aliphatic imine (C=N–C) groups is 1. The number of nitrogens with zero attached hydrogens (tertiary/aromatic N) is 2. The Hall–Kier alpha value is -3.25. The second-order valence-corrected chi connectivity index (χ2v) is 11.0. The molecule has 0 amide bonds. The number of allylic oxidation sites excluding steroid dienone is 1. The number of benzene rings is 3. The van der Waals surface area contributed by atoms with Crippen LogP contribution in [0.1, 0.15) is 41.4 Å². The number of amidine groups is 1. The summed E-state index contributed by atoms with van der Waals surface area (Å²) in [4.78, 5) is 10.3. The van der Waals surface area contributed by atoms with E-state index >= 15 is 0 Å². The van der Waals surface area contributed by atoms with Crippen LogP contribution >= 0.6 is 35.0 Å². The zero-order valence-electron chi connectivity index (χ0n) is 20.8. The lowest BCUT2D eigenvalue weighted by atomic mass is 9.82. The Balaban J connectivity index is 1.57. The molecule has 0 saturated heterocycles. The average Bonchev–Trinajstić information content (AvgIpc) is 2.94. The van der Waals surface area contributed by atoms with Crippen molar-refractivity contribution in [3.05, 3.63) is 111 Å². The smallest absolute Gasteiger partial charge is 0.164 e. The van der Waals surface area contributed by atoms with Crippen molar-refractivity contribution in [1.82, 2.24) is 4.98 Å². The summed E-state index contributed by atoms with van der Waals surface area (Å²) in [5.74, 6) is 0.838. The van der Waals surface area contributed by atoms with E-state index in [0.29, 0.717) is 5.02 Å². The number of hydrogen-bond donors (Lipinski definition) is 2.